The predicted molar refractivity (Wildman–Crippen MR) is 86.5 cm³/mol. The number of amides is 1. The first-order valence-corrected chi connectivity index (χ1v) is 8.52. The number of halogens is 1. The molecule has 1 amide bonds. The van der Waals surface area contributed by atoms with E-state index >= 15 is 0 Å². The van der Waals surface area contributed by atoms with Crippen molar-refractivity contribution in [2.75, 3.05) is 18.1 Å². The zero-order chi connectivity index (χ0) is 14.4. The molecule has 0 aliphatic carbocycles. The second-order valence-corrected chi connectivity index (χ2v) is 6.75. The van der Waals surface area contributed by atoms with Crippen LogP contribution in [0.5, 0.6) is 0 Å². The highest BCUT2D eigenvalue weighted by Gasteiger charge is 2.18. The summed E-state index contributed by atoms with van der Waals surface area (Å²) >= 11 is 8.04. The van der Waals surface area contributed by atoms with E-state index in [-0.39, 0.29) is 11.9 Å². The fourth-order valence-corrected chi connectivity index (χ4v) is 3.52. The number of thioether (sulfide) groups is 1. The third-order valence-electron chi connectivity index (χ3n) is 3.32. The summed E-state index contributed by atoms with van der Waals surface area (Å²) in [5.41, 5.74) is 1.08. The Morgan fingerprint density at radius 3 is 3.05 bits per heavy atom. The minimum absolute atomic E-state index is 0.0960. The molecule has 1 aliphatic heterocycles. The fourth-order valence-electron chi connectivity index (χ4n) is 2.35. The number of hydrogen-bond acceptors (Lipinski definition) is 3. The molecule has 0 radical (unpaired) electrons. The lowest BCUT2D eigenvalue weighted by Crippen LogP contribution is -2.43. The zero-order valence-corrected chi connectivity index (χ0v) is 13.3. The van der Waals surface area contributed by atoms with Gasteiger partial charge in [-0.05, 0) is 25.0 Å². The quantitative estimate of drug-likeness (QED) is 0.877. The van der Waals surface area contributed by atoms with Crippen molar-refractivity contribution in [3.05, 3.63) is 34.9 Å². The molecule has 3 nitrogen and oxygen atoms in total. The van der Waals surface area contributed by atoms with E-state index in [1.165, 1.54) is 0 Å². The molecule has 0 saturated carbocycles. The Morgan fingerprint density at radius 1 is 1.55 bits per heavy atom. The number of benzene rings is 1. The van der Waals surface area contributed by atoms with E-state index in [4.69, 9.17) is 11.6 Å². The van der Waals surface area contributed by atoms with Crippen LogP contribution in [-0.4, -0.2) is 36.0 Å². The maximum atomic E-state index is 12.0. The van der Waals surface area contributed by atoms with Gasteiger partial charge in [0, 0.05) is 41.6 Å². The first-order chi connectivity index (χ1) is 9.65. The highest BCUT2D eigenvalue weighted by molar-refractivity contribution is 7.99. The van der Waals surface area contributed by atoms with Crippen LogP contribution in [0.25, 0.3) is 0 Å². The SMILES string of the molecule is CC(Cc1ccccc1Cl)NC(=O)CC1CSCCN1. The van der Waals surface area contributed by atoms with E-state index < -0.39 is 0 Å². The van der Waals surface area contributed by atoms with Gasteiger partial charge in [0.25, 0.3) is 0 Å². The standard InChI is InChI=1S/C15H21ClN2OS/c1-11(8-12-4-2-3-5-14(12)16)18-15(19)9-13-10-20-7-6-17-13/h2-5,11,13,17H,6-10H2,1H3,(H,18,19). The highest BCUT2D eigenvalue weighted by atomic mass is 35.5. The van der Waals surface area contributed by atoms with Gasteiger partial charge in [0.2, 0.25) is 5.91 Å². The smallest absolute Gasteiger partial charge is 0.221 e. The van der Waals surface area contributed by atoms with Crippen molar-refractivity contribution >= 4 is 29.3 Å². The summed E-state index contributed by atoms with van der Waals surface area (Å²) in [5.74, 6) is 2.28. The molecule has 2 atom stereocenters. The van der Waals surface area contributed by atoms with Crippen LogP contribution < -0.4 is 10.6 Å². The lowest BCUT2D eigenvalue weighted by atomic mass is 10.1. The van der Waals surface area contributed by atoms with Gasteiger partial charge in [-0.1, -0.05) is 29.8 Å². The van der Waals surface area contributed by atoms with E-state index in [0.717, 1.165) is 35.1 Å². The van der Waals surface area contributed by atoms with E-state index in [0.29, 0.717) is 12.5 Å². The molecule has 2 rings (SSSR count). The Bertz CT molecular complexity index is 449. The molecule has 5 heteroatoms. The predicted octanol–water partition coefficient (Wildman–Crippen LogP) is 2.48. The van der Waals surface area contributed by atoms with Crippen LogP contribution in [0.15, 0.2) is 24.3 Å². The van der Waals surface area contributed by atoms with Gasteiger partial charge < -0.3 is 10.6 Å². The largest absolute Gasteiger partial charge is 0.353 e. The topological polar surface area (TPSA) is 41.1 Å². The summed E-state index contributed by atoms with van der Waals surface area (Å²) in [4.78, 5) is 12.0. The first-order valence-electron chi connectivity index (χ1n) is 6.99. The van der Waals surface area contributed by atoms with Gasteiger partial charge in [-0.2, -0.15) is 11.8 Å². The number of rotatable bonds is 5. The summed E-state index contributed by atoms with van der Waals surface area (Å²) in [6.45, 7) is 3.02. The third-order valence-corrected chi connectivity index (χ3v) is 4.82. The van der Waals surface area contributed by atoms with Crippen molar-refractivity contribution < 1.29 is 4.79 Å². The Labute approximate surface area is 129 Å². The molecule has 20 heavy (non-hydrogen) atoms. The summed E-state index contributed by atoms with van der Waals surface area (Å²) < 4.78 is 0. The first kappa shape index (κ1) is 15.7. The van der Waals surface area contributed by atoms with Crippen molar-refractivity contribution in [1.29, 1.82) is 0 Å². The van der Waals surface area contributed by atoms with E-state index in [2.05, 4.69) is 10.6 Å². The van der Waals surface area contributed by atoms with Gasteiger partial charge in [-0.25, -0.2) is 0 Å². The van der Waals surface area contributed by atoms with Crippen molar-refractivity contribution in [3.63, 3.8) is 0 Å². The number of hydrogen-bond donors (Lipinski definition) is 2. The second kappa shape index (κ2) is 7.91. The molecule has 0 bridgehead atoms. The lowest BCUT2D eigenvalue weighted by molar-refractivity contribution is -0.122. The van der Waals surface area contributed by atoms with Gasteiger partial charge in [-0.3, -0.25) is 4.79 Å². The molecule has 1 aromatic rings. The summed E-state index contributed by atoms with van der Waals surface area (Å²) in [6.07, 6.45) is 1.32. The van der Waals surface area contributed by atoms with E-state index in [9.17, 15) is 4.79 Å². The molecule has 1 aliphatic rings. The van der Waals surface area contributed by atoms with Gasteiger partial charge in [-0.15, -0.1) is 0 Å². The Morgan fingerprint density at radius 2 is 2.35 bits per heavy atom. The second-order valence-electron chi connectivity index (χ2n) is 5.19. The van der Waals surface area contributed by atoms with Crippen LogP contribution in [0, 0.1) is 0 Å². The molecule has 1 saturated heterocycles. The number of carbonyl (C=O) groups is 1. The molecule has 1 fully saturated rings. The van der Waals surface area contributed by atoms with Crippen LogP contribution in [0.3, 0.4) is 0 Å². The molecule has 1 heterocycles. The Hall–Kier alpha value is -0.710. The van der Waals surface area contributed by atoms with Crippen LogP contribution in [0.2, 0.25) is 5.02 Å². The van der Waals surface area contributed by atoms with Crippen molar-refractivity contribution in [2.24, 2.45) is 0 Å². The van der Waals surface area contributed by atoms with Crippen LogP contribution in [0.1, 0.15) is 18.9 Å². The van der Waals surface area contributed by atoms with Gasteiger partial charge >= 0.3 is 0 Å². The Balaban J connectivity index is 1.77. The maximum Gasteiger partial charge on any atom is 0.221 e. The normalized spacial score (nSPS) is 20.4. The van der Waals surface area contributed by atoms with Crippen LogP contribution >= 0.6 is 23.4 Å². The summed E-state index contributed by atoms with van der Waals surface area (Å²) in [6, 6.07) is 8.18. The molecular formula is C15H21ClN2OS. The average molecular weight is 313 g/mol. The van der Waals surface area contributed by atoms with Gasteiger partial charge in [0.1, 0.15) is 0 Å². The molecule has 2 unspecified atom stereocenters. The van der Waals surface area contributed by atoms with Crippen molar-refractivity contribution in [3.8, 4) is 0 Å². The van der Waals surface area contributed by atoms with Crippen LogP contribution in [-0.2, 0) is 11.2 Å². The molecule has 0 spiro atoms. The van der Waals surface area contributed by atoms with Gasteiger partial charge in [0.05, 0.1) is 0 Å². The van der Waals surface area contributed by atoms with Crippen LogP contribution in [0.4, 0.5) is 0 Å². The summed E-state index contributed by atoms with van der Waals surface area (Å²) in [7, 11) is 0. The minimum Gasteiger partial charge on any atom is -0.353 e. The van der Waals surface area contributed by atoms with Crippen molar-refractivity contribution in [2.45, 2.75) is 31.8 Å². The van der Waals surface area contributed by atoms with Gasteiger partial charge in [0.15, 0.2) is 0 Å². The minimum atomic E-state index is 0.0960. The fraction of sp³-hybridized carbons (Fsp3) is 0.533. The molecule has 1 aromatic carbocycles. The number of nitrogens with one attached hydrogen (secondary N) is 2. The molecular weight excluding hydrogens is 292 g/mol. The Kier molecular flexibility index (Phi) is 6.20. The zero-order valence-electron chi connectivity index (χ0n) is 11.7. The van der Waals surface area contributed by atoms with E-state index in [1.807, 2.05) is 43.0 Å². The molecule has 0 aromatic heterocycles. The third kappa shape index (κ3) is 5.00. The average Bonchev–Trinajstić information content (AvgIpc) is 2.42. The monoisotopic (exact) mass is 312 g/mol. The highest BCUT2D eigenvalue weighted by Crippen LogP contribution is 2.16. The maximum absolute atomic E-state index is 12.0. The molecule has 110 valence electrons. The number of carbonyl (C=O) groups excluding carboxylic acids is 1. The van der Waals surface area contributed by atoms with Crippen molar-refractivity contribution in [1.82, 2.24) is 10.6 Å². The molecule has 2 N–H and O–H groups in total. The van der Waals surface area contributed by atoms with E-state index in [1.54, 1.807) is 0 Å². The lowest BCUT2D eigenvalue weighted by Gasteiger charge is -2.23. The summed E-state index contributed by atoms with van der Waals surface area (Å²) in [5, 5.41) is 7.20.